The fourth-order valence-electron chi connectivity index (χ4n) is 4.18. The molecule has 0 saturated heterocycles. The Morgan fingerprint density at radius 2 is 1.38 bits per heavy atom. The van der Waals surface area contributed by atoms with Crippen LogP contribution in [0.5, 0.6) is 5.75 Å². The number of hydrogen-bond acceptors (Lipinski definition) is 11. The van der Waals surface area contributed by atoms with Crippen molar-refractivity contribution in [3.8, 4) is 5.75 Å². The summed E-state index contributed by atoms with van der Waals surface area (Å²) in [6, 6.07) is -1.19. The number of carbonyl (C=O) groups excluding carboxylic acids is 5. The van der Waals surface area contributed by atoms with E-state index in [2.05, 4.69) is 61.8 Å². The summed E-state index contributed by atoms with van der Waals surface area (Å²) in [5, 5.41) is 31.6. The second kappa shape index (κ2) is 18.8. The lowest BCUT2D eigenvalue weighted by Gasteiger charge is -2.27. The maximum atomic E-state index is 13.2. The number of thiol groups is 2. The molecule has 6 atom stereocenters. The third-order valence-corrected chi connectivity index (χ3v) is 7.71. The van der Waals surface area contributed by atoms with E-state index in [4.69, 9.17) is 5.73 Å². The van der Waals surface area contributed by atoms with Crippen molar-refractivity contribution >= 4 is 60.8 Å². The Balaban J connectivity index is 2.06. The molecular formula is C29H42N8O8S2. The zero-order chi connectivity index (χ0) is 35.3. The summed E-state index contributed by atoms with van der Waals surface area (Å²) in [6.07, 6.45) is 2.82. The van der Waals surface area contributed by atoms with Crippen molar-refractivity contribution in [2.24, 2.45) is 11.7 Å². The van der Waals surface area contributed by atoms with Gasteiger partial charge in [-0.3, -0.25) is 24.0 Å². The van der Waals surface area contributed by atoms with Crippen LogP contribution in [0.25, 0.3) is 0 Å². The van der Waals surface area contributed by atoms with Gasteiger partial charge in [-0.25, -0.2) is 9.78 Å². The van der Waals surface area contributed by atoms with Crippen LogP contribution in [-0.4, -0.2) is 103 Å². The highest BCUT2D eigenvalue weighted by Gasteiger charge is 2.32. The van der Waals surface area contributed by atoms with E-state index in [1.165, 1.54) is 43.7 Å². The van der Waals surface area contributed by atoms with E-state index in [-0.39, 0.29) is 30.1 Å². The molecule has 0 aliphatic rings. The maximum Gasteiger partial charge on any atom is 0.326 e. The van der Waals surface area contributed by atoms with Crippen LogP contribution in [-0.2, 0) is 41.6 Å². The number of phenolic OH excluding ortho intramolecular Hbond substituents is 1. The fourth-order valence-corrected chi connectivity index (χ4v) is 4.60. The monoisotopic (exact) mass is 694 g/mol. The lowest BCUT2D eigenvalue weighted by Crippen LogP contribution is -2.60. The number of aliphatic carboxylic acids is 1. The number of carbonyl (C=O) groups is 6. The maximum absolute atomic E-state index is 13.2. The van der Waals surface area contributed by atoms with Gasteiger partial charge in [-0.15, -0.1) is 0 Å². The van der Waals surface area contributed by atoms with Gasteiger partial charge in [0.15, 0.2) is 0 Å². The number of aromatic nitrogens is 2. The van der Waals surface area contributed by atoms with E-state index < -0.39 is 77.7 Å². The van der Waals surface area contributed by atoms with Crippen LogP contribution < -0.4 is 32.3 Å². The van der Waals surface area contributed by atoms with Gasteiger partial charge in [0.2, 0.25) is 29.5 Å². The highest BCUT2D eigenvalue weighted by atomic mass is 32.1. The molecule has 0 aliphatic carbocycles. The number of rotatable bonds is 18. The first kappa shape index (κ1) is 38.9. The van der Waals surface area contributed by atoms with Crippen LogP contribution in [0.4, 0.5) is 0 Å². The van der Waals surface area contributed by atoms with Gasteiger partial charge < -0.3 is 47.5 Å². The molecule has 258 valence electrons. The second-order valence-electron chi connectivity index (χ2n) is 11.1. The van der Waals surface area contributed by atoms with Crippen LogP contribution in [0.1, 0.15) is 32.0 Å². The van der Waals surface area contributed by atoms with E-state index in [0.717, 1.165) is 0 Å². The molecule has 0 radical (unpaired) electrons. The summed E-state index contributed by atoms with van der Waals surface area (Å²) in [7, 11) is 0. The molecule has 0 bridgehead atoms. The molecular weight excluding hydrogens is 653 g/mol. The van der Waals surface area contributed by atoms with E-state index in [1.54, 1.807) is 13.8 Å². The van der Waals surface area contributed by atoms with Crippen molar-refractivity contribution in [1.82, 2.24) is 36.6 Å². The number of nitrogens with two attached hydrogens (primary N) is 1. The lowest BCUT2D eigenvalue weighted by atomic mass is 10.0. The van der Waals surface area contributed by atoms with Crippen molar-refractivity contribution in [3.05, 3.63) is 48.0 Å². The van der Waals surface area contributed by atoms with Gasteiger partial charge in [-0.05, 0) is 30.5 Å². The molecule has 10 N–H and O–H groups in total. The smallest absolute Gasteiger partial charge is 0.326 e. The number of nitrogens with zero attached hydrogens (tertiary/aromatic N) is 1. The number of aromatic hydroxyl groups is 1. The first-order chi connectivity index (χ1) is 22.2. The number of H-pyrrole nitrogens is 1. The molecule has 1 aromatic heterocycles. The van der Waals surface area contributed by atoms with Crippen LogP contribution in [0.3, 0.4) is 0 Å². The lowest BCUT2D eigenvalue weighted by molar-refractivity contribution is -0.142. The van der Waals surface area contributed by atoms with Crippen molar-refractivity contribution < 1.29 is 39.0 Å². The van der Waals surface area contributed by atoms with Gasteiger partial charge in [-0.1, -0.05) is 26.0 Å². The third kappa shape index (κ3) is 12.4. The first-order valence-electron chi connectivity index (χ1n) is 14.6. The number of imidazole rings is 1. The van der Waals surface area contributed by atoms with E-state index in [1.807, 2.05) is 0 Å². The summed E-state index contributed by atoms with van der Waals surface area (Å²) in [5.41, 5.74) is 6.81. The van der Waals surface area contributed by atoms with Crippen LogP contribution in [0.2, 0.25) is 0 Å². The standard InChI is InChI=1S/C29H42N8O8S2/c1-14(2)23(28(43)36-22(12-47)27(42)35-21(29(44)45)8-16-4-6-18(38)7-5-16)37-24(39)15(3)33-26(41)20(9-17-10-31-13-32-17)34-25(40)19(30)11-46/h4-7,10,13-15,19-23,38,46-47H,8-9,11-12,30H2,1-3H3,(H,31,32)(H,33,41)(H,34,40)(H,35,42)(H,36,43)(H,37,39)(H,44,45). The Bertz CT molecular complexity index is 1380. The third-order valence-electron chi connectivity index (χ3n) is 6.95. The SMILES string of the molecule is CC(NC(=O)C(Cc1cnc[nH]1)NC(=O)C(N)CS)C(=O)NC(C(=O)NC(CS)C(=O)NC(Cc1ccc(O)cc1)C(=O)O)C(C)C. The molecule has 1 aromatic carbocycles. The van der Waals surface area contributed by atoms with Crippen molar-refractivity contribution in [1.29, 1.82) is 0 Å². The van der Waals surface area contributed by atoms with E-state index in [0.29, 0.717) is 11.3 Å². The number of nitrogens with one attached hydrogen (secondary N) is 6. The summed E-state index contributed by atoms with van der Waals surface area (Å²) >= 11 is 8.13. The normalized spacial score (nSPS) is 14.9. The Kier molecular flexibility index (Phi) is 15.5. The molecule has 2 aromatic rings. The zero-order valence-electron chi connectivity index (χ0n) is 26.1. The molecule has 0 fully saturated rings. The molecule has 18 heteroatoms. The highest BCUT2D eigenvalue weighted by Crippen LogP contribution is 2.12. The molecule has 1 heterocycles. The Morgan fingerprint density at radius 1 is 0.787 bits per heavy atom. The summed E-state index contributed by atoms with van der Waals surface area (Å²) in [5.74, 6) is -5.51. The fraction of sp³-hybridized carbons (Fsp3) is 0.483. The van der Waals surface area contributed by atoms with Crippen molar-refractivity contribution in [2.75, 3.05) is 11.5 Å². The van der Waals surface area contributed by atoms with E-state index in [9.17, 15) is 39.0 Å². The molecule has 16 nitrogen and oxygen atoms in total. The van der Waals surface area contributed by atoms with Gasteiger partial charge in [0, 0.05) is 36.2 Å². The van der Waals surface area contributed by atoms with Gasteiger partial charge in [0.1, 0.15) is 36.0 Å². The molecule has 6 unspecified atom stereocenters. The molecule has 47 heavy (non-hydrogen) atoms. The number of amides is 5. The van der Waals surface area contributed by atoms with Gasteiger partial charge in [-0.2, -0.15) is 25.3 Å². The summed E-state index contributed by atoms with van der Waals surface area (Å²) in [4.78, 5) is 83.4. The zero-order valence-corrected chi connectivity index (χ0v) is 27.9. The topological polar surface area (TPSA) is 258 Å². The average Bonchev–Trinajstić information content (AvgIpc) is 3.54. The first-order valence-corrected chi connectivity index (χ1v) is 15.9. The highest BCUT2D eigenvalue weighted by molar-refractivity contribution is 7.80. The number of carboxylic acids is 1. The Morgan fingerprint density at radius 3 is 1.91 bits per heavy atom. The molecule has 0 saturated carbocycles. The van der Waals surface area contributed by atoms with Crippen LogP contribution >= 0.6 is 25.3 Å². The number of hydrogen-bond donors (Lipinski definition) is 11. The molecule has 0 spiro atoms. The average molecular weight is 695 g/mol. The van der Waals surface area contributed by atoms with Gasteiger partial charge in [0.05, 0.1) is 12.4 Å². The molecule has 0 aliphatic heterocycles. The predicted octanol–water partition coefficient (Wildman–Crippen LogP) is -1.73. The Hall–Kier alpha value is -4.29. The number of carboxylic acid groups (broad SMARTS) is 1. The quantitative estimate of drug-likeness (QED) is 0.0786. The van der Waals surface area contributed by atoms with E-state index >= 15 is 0 Å². The minimum atomic E-state index is -1.34. The van der Waals surface area contributed by atoms with Gasteiger partial charge >= 0.3 is 5.97 Å². The molecule has 5 amide bonds. The largest absolute Gasteiger partial charge is 0.508 e. The number of benzene rings is 1. The minimum absolute atomic E-state index is 0.000765. The number of aromatic amines is 1. The second-order valence-corrected chi connectivity index (χ2v) is 11.8. The van der Waals surface area contributed by atoms with Crippen molar-refractivity contribution in [3.63, 3.8) is 0 Å². The minimum Gasteiger partial charge on any atom is -0.508 e. The van der Waals surface area contributed by atoms with Crippen LogP contribution in [0, 0.1) is 5.92 Å². The predicted molar refractivity (Wildman–Crippen MR) is 178 cm³/mol. The molecule has 2 rings (SSSR count). The summed E-state index contributed by atoms with van der Waals surface area (Å²) in [6.45, 7) is 4.70. The summed E-state index contributed by atoms with van der Waals surface area (Å²) < 4.78 is 0. The van der Waals surface area contributed by atoms with Gasteiger partial charge in [0.25, 0.3) is 0 Å². The number of phenols is 1. The Labute approximate surface area is 282 Å². The van der Waals surface area contributed by atoms with Crippen LogP contribution in [0.15, 0.2) is 36.8 Å². The van der Waals surface area contributed by atoms with Crippen molar-refractivity contribution in [2.45, 2.75) is 69.9 Å².